The minimum Gasteiger partial charge on any atom is -0.455 e. The highest BCUT2D eigenvalue weighted by Gasteiger charge is 2.17. The van der Waals surface area contributed by atoms with Crippen LogP contribution in [-0.2, 0) is 0 Å². The van der Waals surface area contributed by atoms with E-state index in [4.69, 9.17) is 29.3 Å². The topological polar surface area (TPSA) is 77.6 Å². The zero-order valence-electron chi connectivity index (χ0n) is 29.5. The predicted octanol–water partition coefficient (Wildman–Crippen LogP) is 12.2. The summed E-state index contributed by atoms with van der Waals surface area (Å²) in [6.07, 6.45) is 0. The lowest BCUT2D eigenvalue weighted by Gasteiger charge is -2.10. The van der Waals surface area contributed by atoms with Gasteiger partial charge in [0.15, 0.2) is 23.3 Å². The fourth-order valence-electron chi connectivity index (χ4n) is 7.02. The summed E-state index contributed by atoms with van der Waals surface area (Å²) in [6.45, 7) is 0. The summed E-state index contributed by atoms with van der Waals surface area (Å²) in [5, 5.41) is 2.08. The molecule has 0 saturated heterocycles. The first-order chi connectivity index (χ1) is 27.2. The molecule has 0 aliphatic heterocycles. The summed E-state index contributed by atoms with van der Waals surface area (Å²) >= 11 is 0. The van der Waals surface area contributed by atoms with Crippen LogP contribution in [0.4, 0.5) is 0 Å². The molecule has 55 heavy (non-hydrogen) atoms. The van der Waals surface area contributed by atoms with E-state index in [-0.39, 0.29) is 0 Å². The lowest BCUT2D eigenvalue weighted by molar-refractivity contribution is 0.670. The first kappa shape index (κ1) is 32.1. The number of para-hydroxylation sites is 1. The molecular weight excluding hydrogens is 675 g/mol. The molecular formula is C49H31N5O. The molecule has 0 bridgehead atoms. The molecule has 0 amide bonds. The van der Waals surface area contributed by atoms with Gasteiger partial charge in [-0.25, -0.2) is 24.9 Å². The van der Waals surface area contributed by atoms with E-state index in [1.165, 1.54) is 0 Å². The summed E-state index contributed by atoms with van der Waals surface area (Å²) < 4.78 is 6.74. The molecule has 0 saturated carbocycles. The number of furan rings is 1. The van der Waals surface area contributed by atoms with Crippen LogP contribution in [0.2, 0.25) is 0 Å². The number of hydrogen-bond acceptors (Lipinski definition) is 6. The monoisotopic (exact) mass is 705 g/mol. The van der Waals surface area contributed by atoms with Crippen molar-refractivity contribution in [1.29, 1.82) is 0 Å². The summed E-state index contributed by atoms with van der Waals surface area (Å²) in [5.74, 6) is 2.53. The number of rotatable bonds is 7. The third-order valence-corrected chi connectivity index (χ3v) is 9.75. The fourth-order valence-corrected chi connectivity index (χ4v) is 7.02. The molecule has 0 unspecified atom stereocenters. The molecule has 10 rings (SSSR count). The Morgan fingerprint density at radius 1 is 0.291 bits per heavy atom. The average Bonchev–Trinajstić information content (AvgIpc) is 3.66. The maximum Gasteiger partial charge on any atom is 0.164 e. The normalized spacial score (nSPS) is 11.3. The zero-order chi connectivity index (χ0) is 36.6. The minimum absolute atomic E-state index is 0.602. The molecule has 10 aromatic rings. The van der Waals surface area contributed by atoms with Gasteiger partial charge in [-0.15, -0.1) is 0 Å². The molecule has 6 heteroatoms. The van der Waals surface area contributed by atoms with Gasteiger partial charge < -0.3 is 4.42 Å². The Bertz CT molecular complexity index is 2850. The van der Waals surface area contributed by atoms with Gasteiger partial charge in [0.05, 0.1) is 11.4 Å². The van der Waals surface area contributed by atoms with Crippen LogP contribution in [0.25, 0.3) is 101 Å². The van der Waals surface area contributed by atoms with Crippen LogP contribution < -0.4 is 0 Å². The van der Waals surface area contributed by atoms with Crippen LogP contribution in [0.3, 0.4) is 0 Å². The maximum atomic E-state index is 6.74. The number of aromatic nitrogens is 5. The van der Waals surface area contributed by atoms with Gasteiger partial charge in [-0.05, 0) is 29.8 Å². The SMILES string of the molecule is c1ccc(-c2cc(-c3ccc4c(c3)oc3c(-c5cccc(-c6nc(-c7ccccc7)nc(-c7ccccc7)n6)c5)cccc34)nc(-c3ccccc3)n2)cc1. The summed E-state index contributed by atoms with van der Waals surface area (Å²) in [7, 11) is 0. The van der Waals surface area contributed by atoms with Gasteiger partial charge in [0, 0.05) is 49.7 Å². The summed E-state index contributed by atoms with van der Waals surface area (Å²) in [5.41, 5.74) is 11.0. The second-order valence-corrected chi connectivity index (χ2v) is 13.3. The van der Waals surface area contributed by atoms with Crippen molar-refractivity contribution in [2.24, 2.45) is 0 Å². The van der Waals surface area contributed by atoms with Crippen LogP contribution in [-0.4, -0.2) is 24.9 Å². The van der Waals surface area contributed by atoms with Gasteiger partial charge in [0.2, 0.25) is 0 Å². The van der Waals surface area contributed by atoms with Crippen molar-refractivity contribution in [2.75, 3.05) is 0 Å². The van der Waals surface area contributed by atoms with E-state index in [1.54, 1.807) is 0 Å². The molecule has 3 heterocycles. The molecule has 0 aliphatic carbocycles. The van der Waals surface area contributed by atoms with Crippen LogP contribution in [0, 0.1) is 0 Å². The van der Waals surface area contributed by atoms with Gasteiger partial charge in [0.25, 0.3) is 0 Å². The minimum atomic E-state index is 0.602. The molecule has 0 radical (unpaired) electrons. The smallest absolute Gasteiger partial charge is 0.164 e. The first-order valence-electron chi connectivity index (χ1n) is 18.2. The standard InChI is InChI=1S/C49H31N5O/c1-5-15-32(16-6-1)42-31-43(51-46(50-42)33-17-7-2-8-18-33)37-27-28-40-41-26-14-25-39(45(41)55-44(40)30-37)36-23-13-24-38(29-36)49-53-47(34-19-9-3-10-20-34)52-48(54-49)35-21-11-4-12-22-35/h1-31H. The summed E-state index contributed by atoms with van der Waals surface area (Å²) in [4.78, 5) is 24.8. The van der Waals surface area contributed by atoms with Crippen molar-refractivity contribution in [3.05, 3.63) is 188 Å². The molecule has 0 aliphatic rings. The quantitative estimate of drug-likeness (QED) is 0.164. The third kappa shape index (κ3) is 6.22. The van der Waals surface area contributed by atoms with Crippen molar-refractivity contribution < 1.29 is 4.42 Å². The van der Waals surface area contributed by atoms with Gasteiger partial charge in [0.1, 0.15) is 11.2 Å². The molecule has 258 valence electrons. The van der Waals surface area contributed by atoms with Gasteiger partial charge in [-0.1, -0.05) is 164 Å². The second-order valence-electron chi connectivity index (χ2n) is 13.3. The highest BCUT2D eigenvalue weighted by molar-refractivity contribution is 6.10. The Morgan fingerprint density at radius 2 is 0.764 bits per heavy atom. The van der Waals surface area contributed by atoms with Crippen LogP contribution in [0.15, 0.2) is 192 Å². The molecule has 6 nitrogen and oxygen atoms in total. The molecule has 0 spiro atoms. The highest BCUT2D eigenvalue weighted by atomic mass is 16.3. The van der Waals surface area contributed by atoms with Crippen molar-refractivity contribution in [3.8, 4) is 79.2 Å². The number of fused-ring (bicyclic) bond motifs is 3. The zero-order valence-corrected chi connectivity index (χ0v) is 29.5. The van der Waals surface area contributed by atoms with E-state index < -0.39 is 0 Å². The summed E-state index contributed by atoms with van der Waals surface area (Å²) in [6, 6.07) is 63.4. The fraction of sp³-hybridized carbons (Fsp3) is 0. The maximum absolute atomic E-state index is 6.74. The Kier molecular flexibility index (Phi) is 8.04. The van der Waals surface area contributed by atoms with E-state index in [9.17, 15) is 0 Å². The van der Waals surface area contributed by atoms with Crippen LogP contribution in [0.1, 0.15) is 0 Å². The molecule has 0 N–H and O–H groups in total. The lowest BCUT2D eigenvalue weighted by Crippen LogP contribution is -2.00. The molecule has 7 aromatic carbocycles. The van der Waals surface area contributed by atoms with Crippen molar-refractivity contribution in [1.82, 2.24) is 24.9 Å². The Labute approximate surface area is 317 Å². The van der Waals surface area contributed by atoms with Crippen LogP contribution >= 0.6 is 0 Å². The van der Waals surface area contributed by atoms with E-state index in [0.29, 0.717) is 23.3 Å². The Balaban J connectivity index is 1.07. The first-order valence-corrected chi connectivity index (χ1v) is 18.2. The van der Waals surface area contributed by atoms with Crippen molar-refractivity contribution >= 4 is 21.9 Å². The van der Waals surface area contributed by atoms with Crippen LogP contribution in [0.5, 0.6) is 0 Å². The van der Waals surface area contributed by atoms with Gasteiger partial charge in [-0.3, -0.25) is 0 Å². The van der Waals surface area contributed by atoms with E-state index in [1.807, 2.05) is 121 Å². The highest BCUT2D eigenvalue weighted by Crippen LogP contribution is 2.39. The number of hydrogen-bond donors (Lipinski definition) is 0. The Hall–Kier alpha value is -7.57. The van der Waals surface area contributed by atoms with Crippen molar-refractivity contribution in [3.63, 3.8) is 0 Å². The largest absolute Gasteiger partial charge is 0.455 e. The molecule has 0 fully saturated rings. The molecule has 3 aromatic heterocycles. The van der Waals surface area contributed by atoms with Crippen molar-refractivity contribution in [2.45, 2.75) is 0 Å². The Morgan fingerprint density at radius 3 is 1.36 bits per heavy atom. The van der Waals surface area contributed by atoms with Gasteiger partial charge in [-0.2, -0.15) is 0 Å². The predicted molar refractivity (Wildman–Crippen MR) is 221 cm³/mol. The van der Waals surface area contributed by atoms with E-state index >= 15 is 0 Å². The van der Waals surface area contributed by atoms with E-state index in [2.05, 4.69) is 66.7 Å². The third-order valence-electron chi connectivity index (χ3n) is 9.75. The van der Waals surface area contributed by atoms with E-state index in [0.717, 1.165) is 77.8 Å². The van der Waals surface area contributed by atoms with Gasteiger partial charge >= 0.3 is 0 Å². The lowest BCUT2D eigenvalue weighted by atomic mass is 9.99. The average molecular weight is 706 g/mol. The number of benzene rings is 7. The molecule has 0 atom stereocenters. The second kappa shape index (κ2) is 13.8. The number of nitrogens with zero attached hydrogens (tertiary/aromatic N) is 5.